The summed E-state index contributed by atoms with van der Waals surface area (Å²) >= 11 is 1.56. The summed E-state index contributed by atoms with van der Waals surface area (Å²) in [5.74, 6) is 0.234. The zero-order chi connectivity index (χ0) is 18.7. The number of hydrogen-bond acceptors (Lipinski definition) is 4. The number of furan rings is 1. The van der Waals surface area contributed by atoms with Crippen LogP contribution in [0.3, 0.4) is 0 Å². The minimum absolute atomic E-state index is 0.0263. The lowest BCUT2D eigenvalue weighted by Gasteiger charge is -2.25. The Morgan fingerprint density at radius 1 is 1.27 bits per heavy atom. The van der Waals surface area contributed by atoms with Gasteiger partial charge in [-0.1, -0.05) is 12.1 Å². The molecule has 0 spiro atoms. The molecule has 1 amide bonds. The van der Waals surface area contributed by atoms with E-state index in [9.17, 15) is 9.18 Å². The monoisotopic (exact) mass is 372 g/mol. The molecule has 2 aromatic heterocycles. The first-order valence-corrected chi connectivity index (χ1v) is 9.22. The lowest BCUT2D eigenvalue weighted by molar-refractivity contribution is 0.0691. The molecule has 0 saturated carbocycles. The van der Waals surface area contributed by atoms with Crippen LogP contribution in [0, 0.1) is 5.82 Å². The van der Waals surface area contributed by atoms with Crippen LogP contribution < -0.4 is 5.73 Å². The number of nitrogens with zero attached hydrogens (tertiary/aromatic N) is 1. The SMILES string of the molecule is CC(C)N(Cc1ccc(-c2cccc(F)c2)s1)C(=O)c1coc(CN)c1. The maximum atomic E-state index is 13.4. The molecule has 0 fully saturated rings. The quantitative estimate of drug-likeness (QED) is 0.685. The average Bonchev–Trinajstić information content (AvgIpc) is 3.28. The number of rotatable bonds is 6. The van der Waals surface area contributed by atoms with Gasteiger partial charge in [-0.15, -0.1) is 11.3 Å². The number of thiophene rings is 1. The van der Waals surface area contributed by atoms with Gasteiger partial charge in [0.2, 0.25) is 0 Å². The van der Waals surface area contributed by atoms with Crippen molar-refractivity contribution >= 4 is 17.2 Å². The predicted octanol–water partition coefficient (Wildman–Crippen LogP) is 4.66. The minimum atomic E-state index is -0.257. The van der Waals surface area contributed by atoms with E-state index < -0.39 is 0 Å². The highest BCUT2D eigenvalue weighted by Crippen LogP contribution is 2.30. The molecule has 1 aromatic carbocycles. The largest absolute Gasteiger partial charge is 0.467 e. The molecule has 0 unspecified atom stereocenters. The van der Waals surface area contributed by atoms with Crippen LogP contribution in [0.25, 0.3) is 10.4 Å². The van der Waals surface area contributed by atoms with Gasteiger partial charge in [-0.25, -0.2) is 4.39 Å². The summed E-state index contributed by atoms with van der Waals surface area (Å²) in [4.78, 5) is 16.6. The van der Waals surface area contributed by atoms with Crippen molar-refractivity contribution in [3.63, 3.8) is 0 Å². The molecule has 4 nitrogen and oxygen atoms in total. The number of nitrogens with two attached hydrogens (primary N) is 1. The Kier molecular flexibility index (Phi) is 5.54. The molecule has 0 atom stereocenters. The summed E-state index contributed by atoms with van der Waals surface area (Å²) in [7, 11) is 0. The molecule has 3 rings (SSSR count). The summed E-state index contributed by atoms with van der Waals surface area (Å²) in [5, 5.41) is 0. The molecular formula is C20H21FN2O2S. The molecule has 2 heterocycles. The molecule has 6 heteroatoms. The maximum absolute atomic E-state index is 13.4. The molecule has 3 aromatic rings. The maximum Gasteiger partial charge on any atom is 0.257 e. The fourth-order valence-corrected chi connectivity index (χ4v) is 3.69. The first kappa shape index (κ1) is 18.4. The van der Waals surface area contributed by atoms with Crippen LogP contribution in [-0.2, 0) is 13.1 Å². The van der Waals surface area contributed by atoms with E-state index in [1.54, 1.807) is 28.4 Å². The third-order valence-electron chi connectivity index (χ3n) is 4.08. The van der Waals surface area contributed by atoms with Gasteiger partial charge in [0.1, 0.15) is 17.8 Å². The normalized spacial score (nSPS) is 11.1. The van der Waals surface area contributed by atoms with Crippen molar-refractivity contribution in [2.75, 3.05) is 0 Å². The predicted molar refractivity (Wildman–Crippen MR) is 101 cm³/mol. The van der Waals surface area contributed by atoms with Crippen molar-refractivity contribution in [2.24, 2.45) is 5.73 Å². The Hall–Kier alpha value is -2.44. The number of carbonyl (C=O) groups excluding carboxylic acids is 1. The molecule has 0 aliphatic heterocycles. The van der Waals surface area contributed by atoms with Crippen LogP contribution in [0.4, 0.5) is 4.39 Å². The van der Waals surface area contributed by atoms with Crippen molar-refractivity contribution in [2.45, 2.75) is 33.0 Å². The van der Waals surface area contributed by atoms with Crippen molar-refractivity contribution in [3.8, 4) is 10.4 Å². The Bertz CT molecular complexity index is 901. The van der Waals surface area contributed by atoms with Gasteiger partial charge in [0.05, 0.1) is 18.7 Å². The van der Waals surface area contributed by atoms with E-state index >= 15 is 0 Å². The van der Waals surface area contributed by atoms with E-state index in [1.807, 2.05) is 32.0 Å². The number of hydrogen-bond donors (Lipinski definition) is 1. The summed E-state index contributed by atoms with van der Waals surface area (Å²) < 4.78 is 18.7. The van der Waals surface area contributed by atoms with E-state index in [0.29, 0.717) is 17.9 Å². The minimum Gasteiger partial charge on any atom is -0.467 e. The average molecular weight is 372 g/mol. The van der Waals surface area contributed by atoms with E-state index in [4.69, 9.17) is 10.2 Å². The smallest absolute Gasteiger partial charge is 0.257 e. The van der Waals surface area contributed by atoms with Crippen molar-refractivity contribution in [3.05, 3.63) is 70.7 Å². The Morgan fingerprint density at radius 3 is 2.73 bits per heavy atom. The van der Waals surface area contributed by atoms with Gasteiger partial charge in [0, 0.05) is 15.8 Å². The number of carbonyl (C=O) groups is 1. The second-order valence-corrected chi connectivity index (χ2v) is 7.48. The van der Waals surface area contributed by atoms with Gasteiger partial charge < -0.3 is 15.1 Å². The Morgan fingerprint density at radius 2 is 2.08 bits per heavy atom. The standard InChI is InChI=1S/C20H21FN2O2S/c1-13(2)23(20(24)15-9-17(10-22)25-12-15)11-18-6-7-19(26-18)14-4-3-5-16(21)8-14/h3-9,12-13H,10-11,22H2,1-2H3. The number of halogens is 1. The van der Waals surface area contributed by atoms with E-state index in [2.05, 4.69) is 0 Å². The highest BCUT2D eigenvalue weighted by Gasteiger charge is 2.21. The second kappa shape index (κ2) is 7.85. The molecule has 0 bridgehead atoms. The Labute approximate surface area is 156 Å². The van der Waals surface area contributed by atoms with Gasteiger partial charge in [-0.3, -0.25) is 4.79 Å². The Balaban J connectivity index is 1.79. The molecule has 0 aliphatic carbocycles. The van der Waals surface area contributed by atoms with Gasteiger partial charge in [-0.05, 0) is 49.7 Å². The topological polar surface area (TPSA) is 59.5 Å². The summed E-state index contributed by atoms with van der Waals surface area (Å²) in [6.07, 6.45) is 1.45. The molecule has 136 valence electrons. The lowest BCUT2D eigenvalue weighted by atomic mass is 10.2. The molecule has 0 aliphatic rings. The first-order valence-electron chi connectivity index (χ1n) is 8.41. The fraction of sp³-hybridized carbons (Fsp3) is 0.250. The van der Waals surface area contributed by atoms with Crippen LogP contribution >= 0.6 is 11.3 Å². The van der Waals surface area contributed by atoms with Gasteiger partial charge in [-0.2, -0.15) is 0 Å². The van der Waals surface area contributed by atoms with Crippen molar-refractivity contribution < 1.29 is 13.6 Å². The van der Waals surface area contributed by atoms with Gasteiger partial charge in [0.25, 0.3) is 5.91 Å². The van der Waals surface area contributed by atoms with Crippen LogP contribution in [0.2, 0.25) is 0 Å². The lowest BCUT2D eigenvalue weighted by Crippen LogP contribution is -2.35. The third-order valence-corrected chi connectivity index (χ3v) is 5.20. The molecule has 0 radical (unpaired) electrons. The molecule has 2 N–H and O–H groups in total. The van der Waals surface area contributed by atoms with Gasteiger partial charge >= 0.3 is 0 Å². The highest BCUT2D eigenvalue weighted by molar-refractivity contribution is 7.15. The molecule has 0 saturated heterocycles. The highest BCUT2D eigenvalue weighted by atomic mass is 32.1. The zero-order valence-electron chi connectivity index (χ0n) is 14.7. The third kappa shape index (κ3) is 4.03. The second-order valence-electron chi connectivity index (χ2n) is 6.31. The molecule has 26 heavy (non-hydrogen) atoms. The van der Waals surface area contributed by atoms with Crippen LogP contribution in [0.15, 0.2) is 53.1 Å². The molecular weight excluding hydrogens is 351 g/mol. The van der Waals surface area contributed by atoms with Crippen molar-refractivity contribution in [1.29, 1.82) is 0 Å². The van der Waals surface area contributed by atoms with Crippen LogP contribution in [0.1, 0.15) is 34.8 Å². The van der Waals surface area contributed by atoms with E-state index in [0.717, 1.165) is 15.3 Å². The number of amides is 1. The fourth-order valence-electron chi connectivity index (χ4n) is 2.68. The summed E-state index contributed by atoms with van der Waals surface area (Å²) in [6, 6.07) is 12.2. The summed E-state index contributed by atoms with van der Waals surface area (Å²) in [6.45, 7) is 4.70. The first-order chi connectivity index (χ1) is 12.5. The number of benzene rings is 1. The van der Waals surface area contributed by atoms with Gasteiger partial charge in [0.15, 0.2) is 0 Å². The van der Waals surface area contributed by atoms with E-state index in [-0.39, 0.29) is 24.3 Å². The summed E-state index contributed by atoms with van der Waals surface area (Å²) in [5.41, 5.74) is 6.89. The van der Waals surface area contributed by atoms with Crippen LogP contribution in [-0.4, -0.2) is 16.8 Å². The van der Waals surface area contributed by atoms with E-state index in [1.165, 1.54) is 18.4 Å². The zero-order valence-corrected chi connectivity index (χ0v) is 15.6. The van der Waals surface area contributed by atoms with Crippen molar-refractivity contribution in [1.82, 2.24) is 4.90 Å². The van der Waals surface area contributed by atoms with Crippen LogP contribution in [0.5, 0.6) is 0 Å².